The molecule has 1 aliphatic rings. The average molecular weight is 250 g/mol. The van der Waals surface area contributed by atoms with Crippen molar-refractivity contribution in [2.75, 3.05) is 20.3 Å². The van der Waals surface area contributed by atoms with Gasteiger partial charge in [0.15, 0.2) is 0 Å². The molecule has 0 bridgehead atoms. The molecule has 1 aromatic carbocycles. The predicted octanol–water partition coefficient (Wildman–Crippen LogP) is 3.42. The first-order chi connectivity index (χ1) is 8.88. The summed E-state index contributed by atoms with van der Waals surface area (Å²) in [4.78, 5) is 0. The molecule has 100 valence electrons. The number of hydrogen-bond donors (Lipinski definition) is 0. The Balaban J connectivity index is 1.85. The molecule has 0 unspecified atom stereocenters. The smallest absolute Gasteiger partial charge is 0.123 e. The second-order valence-corrected chi connectivity index (χ2v) is 4.69. The Kier molecular flexibility index (Phi) is 5.34. The molecule has 0 heterocycles. The Labute approximate surface area is 109 Å². The molecule has 0 N–H and O–H groups in total. The molecule has 3 nitrogen and oxygen atoms in total. The second kappa shape index (κ2) is 7.27. The van der Waals surface area contributed by atoms with Gasteiger partial charge in [0.05, 0.1) is 12.7 Å². The molecule has 1 aliphatic carbocycles. The van der Waals surface area contributed by atoms with Crippen molar-refractivity contribution in [1.29, 1.82) is 0 Å². The van der Waals surface area contributed by atoms with Crippen LogP contribution in [-0.4, -0.2) is 26.4 Å². The molecule has 0 radical (unpaired) electrons. The van der Waals surface area contributed by atoms with E-state index in [1.54, 1.807) is 7.11 Å². The van der Waals surface area contributed by atoms with Gasteiger partial charge in [0.1, 0.15) is 18.1 Å². The molecule has 1 saturated carbocycles. The van der Waals surface area contributed by atoms with Crippen molar-refractivity contribution in [2.24, 2.45) is 0 Å². The number of benzene rings is 1. The fourth-order valence-corrected chi connectivity index (χ4v) is 2.26. The van der Waals surface area contributed by atoms with Gasteiger partial charge in [0.2, 0.25) is 0 Å². The van der Waals surface area contributed by atoms with Gasteiger partial charge in [0.25, 0.3) is 0 Å². The summed E-state index contributed by atoms with van der Waals surface area (Å²) in [6.07, 6.45) is 6.65. The van der Waals surface area contributed by atoms with Crippen molar-refractivity contribution < 1.29 is 14.2 Å². The van der Waals surface area contributed by atoms with Crippen LogP contribution in [0.4, 0.5) is 0 Å². The first-order valence-corrected chi connectivity index (χ1v) is 6.77. The lowest BCUT2D eigenvalue weighted by molar-refractivity contribution is 0.143. The molecule has 2 rings (SSSR count). The average Bonchev–Trinajstić information content (AvgIpc) is 2.41. The highest BCUT2D eigenvalue weighted by Crippen LogP contribution is 2.25. The third kappa shape index (κ3) is 4.22. The van der Waals surface area contributed by atoms with E-state index in [0.717, 1.165) is 11.5 Å². The summed E-state index contributed by atoms with van der Waals surface area (Å²) in [7, 11) is 1.67. The molecule has 0 saturated heterocycles. The van der Waals surface area contributed by atoms with Gasteiger partial charge in [-0.15, -0.1) is 0 Å². The normalized spacial score (nSPS) is 16.5. The molecule has 0 aliphatic heterocycles. The zero-order valence-corrected chi connectivity index (χ0v) is 11.1. The molecular formula is C15H22O3. The highest BCUT2D eigenvalue weighted by Gasteiger charge is 2.14. The van der Waals surface area contributed by atoms with Crippen LogP contribution in [0.5, 0.6) is 11.5 Å². The summed E-state index contributed by atoms with van der Waals surface area (Å²) < 4.78 is 16.5. The summed E-state index contributed by atoms with van der Waals surface area (Å²) in [5, 5.41) is 0. The highest BCUT2D eigenvalue weighted by atomic mass is 16.5. The lowest BCUT2D eigenvalue weighted by atomic mass is 9.98. The van der Waals surface area contributed by atoms with Crippen LogP contribution in [-0.2, 0) is 4.74 Å². The Morgan fingerprint density at radius 3 is 2.61 bits per heavy atom. The largest absolute Gasteiger partial charge is 0.491 e. The molecule has 18 heavy (non-hydrogen) atoms. The molecule has 0 aromatic heterocycles. The number of ether oxygens (including phenoxy) is 3. The van der Waals surface area contributed by atoms with E-state index in [2.05, 4.69) is 0 Å². The van der Waals surface area contributed by atoms with Crippen LogP contribution in [0.1, 0.15) is 32.1 Å². The van der Waals surface area contributed by atoms with Gasteiger partial charge in [-0.2, -0.15) is 0 Å². The Bertz CT molecular complexity index is 345. The first kappa shape index (κ1) is 13.2. The van der Waals surface area contributed by atoms with E-state index in [1.807, 2.05) is 24.3 Å². The van der Waals surface area contributed by atoms with Crippen molar-refractivity contribution >= 4 is 0 Å². The monoisotopic (exact) mass is 250 g/mol. The fourth-order valence-electron chi connectivity index (χ4n) is 2.26. The van der Waals surface area contributed by atoms with Gasteiger partial charge in [-0.3, -0.25) is 0 Å². The number of rotatable bonds is 6. The molecular weight excluding hydrogens is 228 g/mol. The Morgan fingerprint density at radius 1 is 1.06 bits per heavy atom. The maximum absolute atomic E-state index is 5.99. The van der Waals surface area contributed by atoms with Crippen molar-refractivity contribution in [1.82, 2.24) is 0 Å². The summed E-state index contributed by atoms with van der Waals surface area (Å²) in [5.74, 6) is 1.76. The molecule has 0 atom stereocenters. The highest BCUT2D eigenvalue weighted by molar-refractivity contribution is 5.33. The predicted molar refractivity (Wildman–Crippen MR) is 71.3 cm³/mol. The van der Waals surface area contributed by atoms with Crippen LogP contribution in [0, 0.1) is 0 Å². The quantitative estimate of drug-likeness (QED) is 0.724. The zero-order chi connectivity index (χ0) is 12.6. The maximum Gasteiger partial charge on any atom is 0.123 e. The number of hydrogen-bond acceptors (Lipinski definition) is 3. The minimum absolute atomic E-state index is 0.382. The zero-order valence-electron chi connectivity index (χ0n) is 11.1. The minimum Gasteiger partial charge on any atom is -0.491 e. The van der Waals surface area contributed by atoms with Gasteiger partial charge >= 0.3 is 0 Å². The van der Waals surface area contributed by atoms with E-state index in [4.69, 9.17) is 14.2 Å². The van der Waals surface area contributed by atoms with E-state index in [9.17, 15) is 0 Å². The minimum atomic E-state index is 0.382. The third-order valence-corrected chi connectivity index (χ3v) is 3.22. The third-order valence-electron chi connectivity index (χ3n) is 3.22. The molecule has 1 fully saturated rings. The Morgan fingerprint density at radius 2 is 1.83 bits per heavy atom. The topological polar surface area (TPSA) is 27.7 Å². The van der Waals surface area contributed by atoms with Crippen molar-refractivity contribution in [3.05, 3.63) is 24.3 Å². The summed E-state index contributed by atoms with van der Waals surface area (Å²) in [6.45, 7) is 1.18. The van der Waals surface area contributed by atoms with Crippen LogP contribution in [0.3, 0.4) is 0 Å². The van der Waals surface area contributed by atoms with E-state index >= 15 is 0 Å². The summed E-state index contributed by atoms with van der Waals surface area (Å²) >= 11 is 0. The second-order valence-electron chi connectivity index (χ2n) is 4.69. The van der Waals surface area contributed by atoms with Crippen LogP contribution in [0.25, 0.3) is 0 Å². The van der Waals surface area contributed by atoms with Crippen LogP contribution in [0.2, 0.25) is 0 Å². The molecule has 1 aromatic rings. The van der Waals surface area contributed by atoms with E-state index < -0.39 is 0 Å². The maximum atomic E-state index is 5.99. The van der Waals surface area contributed by atoms with Gasteiger partial charge in [0, 0.05) is 13.2 Å². The summed E-state index contributed by atoms with van der Waals surface area (Å²) in [6, 6.07) is 7.88. The van der Waals surface area contributed by atoms with Crippen molar-refractivity contribution in [3.8, 4) is 11.5 Å². The van der Waals surface area contributed by atoms with Gasteiger partial charge in [-0.05, 0) is 37.8 Å². The summed E-state index contributed by atoms with van der Waals surface area (Å²) in [5.41, 5.74) is 0. The van der Waals surface area contributed by atoms with Crippen LogP contribution >= 0.6 is 0 Å². The van der Waals surface area contributed by atoms with Crippen LogP contribution < -0.4 is 9.47 Å². The van der Waals surface area contributed by atoms with Crippen molar-refractivity contribution in [3.63, 3.8) is 0 Å². The molecule has 3 heteroatoms. The number of methoxy groups -OCH3 is 1. The van der Waals surface area contributed by atoms with Gasteiger partial charge in [-0.25, -0.2) is 0 Å². The van der Waals surface area contributed by atoms with Crippen molar-refractivity contribution in [2.45, 2.75) is 38.2 Å². The standard InChI is InChI=1S/C15H22O3/c1-16-10-11-17-14-8-5-9-15(12-14)18-13-6-3-2-4-7-13/h5,8-9,12-13H,2-4,6-7,10-11H2,1H3. The molecule has 0 spiro atoms. The van der Waals surface area contributed by atoms with E-state index in [1.165, 1.54) is 32.1 Å². The van der Waals surface area contributed by atoms with E-state index in [-0.39, 0.29) is 0 Å². The van der Waals surface area contributed by atoms with Crippen LogP contribution in [0.15, 0.2) is 24.3 Å². The Hall–Kier alpha value is -1.22. The van der Waals surface area contributed by atoms with Gasteiger partial charge < -0.3 is 14.2 Å². The lowest BCUT2D eigenvalue weighted by Crippen LogP contribution is -2.19. The SMILES string of the molecule is COCCOc1cccc(OC2CCCCC2)c1. The van der Waals surface area contributed by atoms with E-state index in [0.29, 0.717) is 19.3 Å². The lowest BCUT2D eigenvalue weighted by Gasteiger charge is -2.23. The fraction of sp³-hybridized carbons (Fsp3) is 0.600. The first-order valence-electron chi connectivity index (χ1n) is 6.77. The molecule has 0 amide bonds. The van der Waals surface area contributed by atoms with Gasteiger partial charge in [-0.1, -0.05) is 12.5 Å².